The zero-order chi connectivity index (χ0) is 21.8. The van der Waals surface area contributed by atoms with Crippen molar-refractivity contribution < 1.29 is 4.79 Å². The maximum atomic E-state index is 11.7. The summed E-state index contributed by atoms with van der Waals surface area (Å²) in [6.45, 7) is 2.04. The molecule has 154 valence electrons. The van der Waals surface area contributed by atoms with Crippen LogP contribution in [0.1, 0.15) is 11.1 Å². The van der Waals surface area contributed by atoms with Gasteiger partial charge in [-0.2, -0.15) is 0 Å². The molecule has 3 N–H and O–H groups in total. The van der Waals surface area contributed by atoms with Gasteiger partial charge in [0.25, 0.3) is 0 Å². The first-order valence-corrected chi connectivity index (χ1v) is 10.5. The first-order chi connectivity index (χ1) is 15.0. The minimum Gasteiger partial charge on any atom is -0.369 e. The number of carbonyl (C=O) groups excluding carboxylic acids is 1. The monoisotopic (exact) mass is 425 g/mol. The van der Waals surface area contributed by atoms with Crippen LogP contribution in [0.4, 0.5) is 17.1 Å². The lowest BCUT2D eigenvalue weighted by Gasteiger charge is -2.29. The van der Waals surface area contributed by atoms with E-state index in [1.165, 1.54) is 0 Å². The summed E-state index contributed by atoms with van der Waals surface area (Å²) in [5, 5.41) is 6.16. The van der Waals surface area contributed by atoms with Gasteiger partial charge in [0.2, 0.25) is 5.91 Å². The lowest BCUT2D eigenvalue weighted by Crippen LogP contribution is -2.32. The van der Waals surface area contributed by atoms with E-state index in [1.807, 2.05) is 84.6 Å². The molecule has 0 saturated heterocycles. The number of nitrogens with zero attached hydrogens (tertiary/aromatic N) is 1. The second kappa shape index (κ2) is 8.98. The molecule has 0 atom stereocenters. The number of para-hydroxylation sites is 2. The average Bonchev–Trinajstić information content (AvgIpc) is 2.76. The van der Waals surface area contributed by atoms with E-state index in [4.69, 9.17) is 18.0 Å². The van der Waals surface area contributed by atoms with E-state index in [0.29, 0.717) is 5.11 Å². The van der Waals surface area contributed by atoms with Crippen molar-refractivity contribution in [2.24, 2.45) is 5.73 Å². The molecule has 0 radical (unpaired) electrons. The number of hydrogen-bond donors (Lipinski definition) is 2. The molecule has 5 heteroatoms. The molecule has 31 heavy (non-hydrogen) atoms. The van der Waals surface area contributed by atoms with Crippen molar-refractivity contribution in [3.05, 3.63) is 102 Å². The van der Waals surface area contributed by atoms with Gasteiger partial charge in [0.1, 0.15) is 0 Å². The van der Waals surface area contributed by atoms with Gasteiger partial charge >= 0.3 is 0 Å². The summed E-state index contributed by atoms with van der Waals surface area (Å²) in [4.78, 5) is 13.7. The first kappa shape index (κ1) is 20.6. The number of hydrogen-bond acceptors (Lipinski definition) is 2. The van der Waals surface area contributed by atoms with Crippen LogP contribution >= 0.6 is 12.2 Å². The van der Waals surface area contributed by atoms with Crippen LogP contribution in [0.15, 0.2) is 91.0 Å². The number of nitrogens with one attached hydrogen (secondary N) is 1. The molecule has 4 rings (SSSR count). The zero-order valence-corrected chi connectivity index (χ0v) is 18.0. The number of amides is 1. The van der Waals surface area contributed by atoms with E-state index >= 15 is 0 Å². The van der Waals surface area contributed by atoms with Gasteiger partial charge in [0, 0.05) is 11.1 Å². The zero-order valence-electron chi connectivity index (χ0n) is 17.2. The minimum atomic E-state index is -0.384. The van der Waals surface area contributed by atoms with Gasteiger partial charge in [-0.3, -0.25) is 9.69 Å². The highest BCUT2D eigenvalue weighted by Gasteiger charge is 2.20. The second-order valence-electron chi connectivity index (χ2n) is 7.35. The minimum absolute atomic E-state index is 0.134. The normalized spacial score (nSPS) is 10.6. The van der Waals surface area contributed by atoms with Gasteiger partial charge in [-0.25, -0.2) is 0 Å². The van der Waals surface area contributed by atoms with Crippen molar-refractivity contribution in [2.45, 2.75) is 13.3 Å². The van der Waals surface area contributed by atoms with Gasteiger partial charge in [0.05, 0.1) is 17.8 Å². The number of anilines is 3. The fourth-order valence-electron chi connectivity index (χ4n) is 3.73. The Morgan fingerprint density at radius 2 is 1.52 bits per heavy atom. The number of thiocarbonyl (C=S) groups is 1. The molecular weight excluding hydrogens is 402 g/mol. The summed E-state index contributed by atoms with van der Waals surface area (Å²) >= 11 is 5.92. The molecule has 0 unspecified atom stereocenters. The number of fused-ring (bicyclic) bond motifs is 1. The maximum Gasteiger partial charge on any atom is 0.221 e. The number of benzene rings is 4. The molecule has 0 aliphatic rings. The molecular formula is C26H23N3OS. The molecule has 0 saturated carbocycles. The van der Waals surface area contributed by atoms with Crippen LogP contribution in [0.3, 0.4) is 0 Å². The Balaban J connectivity index is 1.81. The molecule has 0 fully saturated rings. The van der Waals surface area contributed by atoms with E-state index in [0.717, 1.165) is 39.0 Å². The summed E-state index contributed by atoms with van der Waals surface area (Å²) in [6, 6.07) is 30.0. The molecule has 0 spiro atoms. The maximum absolute atomic E-state index is 11.7. The van der Waals surface area contributed by atoms with Crippen molar-refractivity contribution in [1.29, 1.82) is 0 Å². The number of primary amides is 1. The Kier molecular flexibility index (Phi) is 5.96. The van der Waals surface area contributed by atoms with E-state index in [2.05, 4.69) is 23.5 Å². The Morgan fingerprint density at radius 1 is 0.871 bits per heavy atom. The lowest BCUT2D eigenvalue weighted by atomic mass is 10.1. The Hall–Kier alpha value is -3.70. The van der Waals surface area contributed by atoms with Crippen LogP contribution in [-0.2, 0) is 11.2 Å². The fourth-order valence-corrected chi connectivity index (χ4v) is 4.04. The molecule has 0 heterocycles. The van der Waals surface area contributed by atoms with E-state index in [-0.39, 0.29) is 12.3 Å². The lowest BCUT2D eigenvalue weighted by molar-refractivity contribution is -0.117. The van der Waals surface area contributed by atoms with Crippen molar-refractivity contribution in [3.63, 3.8) is 0 Å². The summed E-state index contributed by atoms with van der Waals surface area (Å²) in [5.74, 6) is -0.384. The Morgan fingerprint density at radius 3 is 2.29 bits per heavy atom. The molecule has 1 amide bonds. The van der Waals surface area contributed by atoms with Crippen LogP contribution in [0.25, 0.3) is 10.8 Å². The number of aryl methyl sites for hydroxylation is 1. The van der Waals surface area contributed by atoms with Crippen LogP contribution < -0.4 is 16.0 Å². The first-order valence-electron chi connectivity index (χ1n) is 10.1. The van der Waals surface area contributed by atoms with E-state index in [1.54, 1.807) is 0 Å². The third-order valence-corrected chi connectivity index (χ3v) is 5.47. The van der Waals surface area contributed by atoms with Crippen LogP contribution in [-0.4, -0.2) is 11.0 Å². The van der Waals surface area contributed by atoms with Gasteiger partial charge < -0.3 is 11.1 Å². The van der Waals surface area contributed by atoms with Crippen molar-refractivity contribution in [1.82, 2.24) is 0 Å². The number of rotatable bonds is 5. The highest BCUT2D eigenvalue weighted by molar-refractivity contribution is 7.80. The van der Waals surface area contributed by atoms with E-state index < -0.39 is 0 Å². The molecule has 4 aromatic rings. The third kappa shape index (κ3) is 4.42. The largest absolute Gasteiger partial charge is 0.369 e. The average molecular weight is 426 g/mol. The predicted molar refractivity (Wildman–Crippen MR) is 133 cm³/mol. The molecule has 0 aliphatic carbocycles. The van der Waals surface area contributed by atoms with Gasteiger partial charge in [0.15, 0.2) is 5.11 Å². The summed E-state index contributed by atoms with van der Waals surface area (Å²) in [6.07, 6.45) is 0.134. The van der Waals surface area contributed by atoms with Crippen molar-refractivity contribution in [2.75, 3.05) is 10.2 Å². The van der Waals surface area contributed by atoms with E-state index in [9.17, 15) is 4.79 Å². The third-order valence-electron chi connectivity index (χ3n) is 5.19. The van der Waals surface area contributed by atoms with Crippen LogP contribution in [0.5, 0.6) is 0 Å². The summed E-state index contributed by atoms with van der Waals surface area (Å²) in [5.41, 5.74) is 10.1. The quantitative estimate of drug-likeness (QED) is 0.402. The van der Waals surface area contributed by atoms with Crippen molar-refractivity contribution in [3.8, 4) is 0 Å². The van der Waals surface area contributed by atoms with Gasteiger partial charge in [-0.05, 0) is 53.9 Å². The van der Waals surface area contributed by atoms with Crippen LogP contribution in [0, 0.1) is 6.92 Å². The van der Waals surface area contributed by atoms with Gasteiger partial charge in [-0.15, -0.1) is 0 Å². The SMILES string of the molecule is Cc1ccccc1N(C(=S)Nc1cccc2ccccc12)c1ccccc1CC(N)=O. The topological polar surface area (TPSA) is 58.4 Å². The van der Waals surface area contributed by atoms with Crippen LogP contribution in [0.2, 0.25) is 0 Å². The molecule has 4 nitrogen and oxygen atoms in total. The molecule has 0 aromatic heterocycles. The number of nitrogens with two attached hydrogens (primary N) is 1. The highest BCUT2D eigenvalue weighted by atomic mass is 32.1. The van der Waals surface area contributed by atoms with Crippen molar-refractivity contribution >= 4 is 51.1 Å². The fraction of sp³-hybridized carbons (Fsp3) is 0.0769. The Labute approximate surface area is 187 Å². The molecule has 4 aromatic carbocycles. The molecule has 0 bridgehead atoms. The predicted octanol–water partition coefficient (Wildman–Crippen LogP) is 5.71. The second-order valence-corrected chi connectivity index (χ2v) is 7.74. The molecule has 0 aliphatic heterocycles. The summed E-state index contributed by atoms with van der Waals surface area (Å²) < 4.78 is 0. The smallest absolute Gasteiger partial charge is 0.221 e. The summed E-state index contributed by atoms with van der Waals surface area (Å²) in [7, 11) is 0. The Bertz CT molecular complexity index is 1260. The highest BCUT2D eigenvalue weighted by Crippen LogP contribution is 2.33. The van der Waals surface area contributed by atoms with Gasteiger partial charge in [-0.1, -0.05) is 72.8 Å². The number of carbonyl (C=O) groups is 1. The standard InChI is InChI=1S/C26H23N3OS/c1-18-9-2-6-15-23(18)29(24-16-7-4-11-20(24)17-25(27)30)26(31)28-22-14-8-12-19-10-3-5-13-21(19)22/h2-16H,17H2,1H3,(H2,27,30)(H,28,31).